The van der Waals surface area contributed by atoms with Gasteiger partial charge in [0.1, 0.15) is 17.1 Å². The highest BCUT2D eigenvalue weighted by molar-refractivity contribution is 5.87. The Morgan fingerprint density at radius 1 is 1.05 bits per heavy atom. The Morgan fingerprint density at radius 2 is 1.85 bits per heavy atom. The van der Waals surface area contributed by atoms with Crippen molar-refractivity contribution in [1.29, 1.82) is 0 Å². The predicted molar refractivity (Wildman–Crippen MR) is 76.1 cm³/mol. The van der Waals surface area contributed by atoms with E-state index in [1.807, 2.05) is 0 Å². The van der Waals surface area contributed by atoms with Crippen molar-refractivity contribution in [2.45, 2.75) is 0 Å². The van der Waals surface area contributed by atoms with Gasteiger partial charge in [0.05, 0.1) is 18.1 Å². The predicted octanol–water partition coefficient (Wildman–Crippen LogP) is 3.17. The Hall–Kier alpha value is -2.75. The molecule has 0 bridgehead atoms. The van der Waals surface area contributed by atoms with E-state index in [2.05, 4.69) is 0 Å². The molecule has 0 fully saturated rings. The molecule has 0 aliphatic rings. The maximum absolute atomic E-state index is 12.1. The van der Waals surface area contributed by atoms with Crippen LogP contribution in [-0.2, 0) is 0 Å². The first kappa shape index (κ1) is 12.3. The van der Waals surface area contributed by atoms with Crippen molar-refractivity contribution < 1.29 is 14.3 Å². The highest BCUT2D eigenvalue weighted by Crippen LogP contribution is 2.31. The second-order valence-electron chi connectivity index (χ2n) is 4.34. The number of phenolic OH excluding ortho intramolecular Hbond substituents is 1. The molecule has 3 aromatic rings. The summed E-state index contributed by atoms with van der Waals surface area (Å²) < 4.78 is 10.6. The van der Waals surface area contributed by atoms with E-state index in [9.17, 15) is 9.90 Å². The SMILES string of the molecule is COc1cccc2oc(=O)c(-c3ccccc3O)cc12. The van der Waals surface area contributed by atoms with Crippen LogP contribution in [0.4, 0.5) is 0 Å². The van der Waals surface area contributed by atoms with Crippen LogP contribution < -0.4 is 10.4 Å². The number of hydrogen-bond donors (Lipinski definition) is 1. The summed E-state index contributed by atoms with van der Waals surface area (Å²) in [5, 5.41) is 10.6. The van der Waals surface area contributed by atoms with Crippen LogP contribution in [-0.4, -0.2) is 12.2 Å². The van der Waals surface area contributed by atoms with Crippen molar-refractivity contribution >= 4 is 11.0 Å². The zero-order valence-corrected chi connectivity index (χ0v) is 10.8. The molecule has 0 radical (unpaired) electrons. The third-order valence-electron chi connectivity index (χ3n) is 3.15. The van der Waals surface area contributed by atoms with E-state index in [0.29, 0.717) is 27.8 Å². The largest absolute Gasteiger partial charge is 0.507 e. The van der Waals surface area contributed by atoms with E-state index in [1.54, 1.807) is 49.6 Å². The third kappa shape index (κ3) is 1.91. The molecule has 0 saturated carbocycles. The van der Waals surface area contributed by atoms with E-state index in [1.165, 1.54) is 6.07 Å². The molecule has 4 heteroatoms. The molecule has 4 nitrogen and oxygen atoms in total. The van der Waals surface area contributed by atoms with Crippen molar-refractivity contribution in [1.82, 2.24) is 0 Å². The van der Waals surface area contributed by atoms with Crippen molar-refractivity contribution in [2.24, 2.45) is 0 Å². The zero-order chi connectivity index (χ0) is 14.1. The second kappa shape index (κ2) is 4.74. The number of methoxy groups -OCH3 is 1. The summed E-state index contributed by atoms with van der Waals surface area (Å²) in [6, 6.07) is 13.6. The minimum atomic E-state index is -0.493. The van der Waals surface area contributed by atoms with Crippen LogP contribution in [0, 0.1) is 0 Å². The lowest BCUT2D eigenvalue weighted by Gasteiger charge is -2.07. The monoisotopic (exact) mass is 268 g/mol. The molecule has 3 rings (SSSR count). The number of benzene rings is 2. The van der Waals surface area contributed by atoms with Crippen molar-refractivity contribution in [2.75, 3.05) is 7.11 Å². The van der Waals surface area contributed by atoms with Crippen LogP contribution in [0.15, 0.2) is 57.7 Å². The van der Waals surface area contributed by atoms with Gasteiger partial charge in [0, 0.05) is 5.56 Å². The fourth-order valence-electron chi connectivity index (χ4n) is 2.18. The van der Waals surface area contributed by atoms with Crippen molar-refractivity contribution in [3.63, 3.8) is 0 Å². The van der Waals surface area contributed by atoms with Crippen molar-refractivity contribution in [3.05, 3.63) is 59.0 Å². The lowest BCUT2D eigenvalue weighted by atomic mass is 10.0. The normalized spacial score (nSPS) is 10.7. The summed E-state index contributed by atoms with van der Waals surface area (Å²) >= 11 is 0. The topological polar surface area (TPSA) is 59.7 Å². The van der Waals surface area contributed by atoms with Gasteiger partial charge < -0.3 is 14.3 Å². The maximum Gasteiger partial charge on any atom is 0.344 e. The minimum Gasteiger partial charge on any atom is -0.507 e. The Balaban J connectivity index is 2.35. The molecular weight excluding hydrogens is 256 g/mol. The van der Waals surface area contributed by atoms with Gasteiger partial charge in [0.25, 0.3) is 0 Å². The number of rotatable bonds is 2. The molecule has 20 heavy (non-hydrogen) atoms. The van der Waals surface area contributed by atoms with Crippen LogP contribution in [0.2, 0.25) is 0 Å². The smallest absolute Gasteiger partial charge is 0.344 e. The number of phenols is 1. The number of para-hydroxylation sites is 1. The van der Waals surface area contributed by atoms with Gasteiger partial charge in [-0.15, -0.1) is 0 Å². The highest BCUT2D eigenvalue weighted by atomic mass is 16.5. The standard InChI is InChI=1S/C16H12O4/c1-19-14-7-4-8-15-12(14)9-11(16(18)20-15)10-5-2-3-6-13(10)17/h2-9,17H,1H3. The summed E-state index contributed by atoms with van der Waals surface area (Å²) in [5.41, 5.74) is 0.704. The Kier molecular flexibility index (Phi) is 2.91. The third-order valence-corrected chi connectivity index (χ3v) is 3.15. The van der Waals surface area contributed by atoms with Crippen LogP contribution in [0.3, 0.4) is 0 Å². The number of ether oxygens (including phenoxy) is 1. The van der Waals surface area contributed by atoms with Gasteiger partial charge in [-0.3, -0.25) is 0 Å². The Morgan fingerprint density at radius 3 is 2.60 bits per heavy atom. The molecule has 0 saturated heterocycles. The van der Waals surface area contributed by atoms with Gasteiger partial charge in [-0.25, -0.2) is 4.79 Å². The molecule has 0 unspecified atom stereocenters. The molecule has 1 N–H and O–H groups in total. The number of fused-ring (bicyclic) bond motifs is 1. The molecule has 1 heterocycles. The first-order valence-electron chi connectivity index (χ1n) is 6.10. The average Bonchev–Trinajstić information content (AvgIpc) is 2.46. The Bertz CT molecular complexity index is 833. The second-order valence-corrected chi connectivity index (χ2v) is 4.34. The number of aromatic hydroxyl groups is 1. The molecule has 100 valence electrons. The number of hydrogen-bond acceptors (Lipinski definition) is 4. The molecule has 0 atom stereocenters. The van der Waals surface area contributed by atoms with Gasteiger partial charge in [0.15, 0.2) is 0 Å². The summed E-state index contributed by atoms with van der Waals surface area (Å²) in [7, 11) is 1.56. The Labute approximate surface area is 114 Å². The fourth-order valence-corrected chi connectivity index (χ4v) is 2.18. The van der Waals surface area contributed by atoms with E-state index in [4.69, 9.17) is 9.15 Å². The van der Waals surface area contributed by atoms with E-state index < -0.39 is 5.63 Å². The van der Waals surface area contributed by atoms with Gasteiger partial charge in [0.2, 0.25) is 0 Å². The fraction of sp³-hybridized carbons (Fsp3) is 0.0625. The first-order valence-corrected chi connectivity index (χ1v) is 6.10. The molecular formula is C16H12O4. The van der Waals surface area contributed by atoms with E-state index >= 15 is 0 Å². The van der Waals surface area contributed by atoms with Crippen LogP contribution in [0.5, 0.6) is 11.5 Å². The van der Waals surface area contributed by atoms with Gasteiger partial charge in [-0.05, 0) is 24.3 Å². The van der Waals surface area contributed by atoms with Gasteiger partial charge in [-0.2, -0.15) is 0 Å². The summed E-state index contributed by atoms with van der Waals surface area (Å²) in [5.74, 6) is 0.650. The quantitative estimate of drug-likeness (QED) is 0.725. The molecule has 1 aromatic heterocycles. The van der Waals surface area contributed by atoms with Crippen molar-refractivity contribution in [3.8, 4) is 22.6 Å². The van der Waals surface area contributed by atoms with E-state index in [-0.39, 0.29) is 5.75 Å². The molecule has 0 spiro atoms. The average molecular weight is 268 g/mol. The molecule has 0 amide bonds. The summed E-state index contributed by atoms with van der Waals surface area (Å²) in [4.78, 5) is 12.1. The van der Waals surface area contributed by atoms with Gasteiger partial charge >= 0.3 is 5.63 Å². The zero-order valence-electron chi connectivity index (χ0n) is 10.8. The lowest BCUT2D eigenvalue weighted by molar-refractivity contribution is 0.418. The summed E-state index contributed by atoms with van der Waals surface area (Å²) in [6.45, 7) is 0. The van der Waals surface area contributed by atoms with Crippen LogP contribution >= 0.6 is 0 Å². The molecule has 0 aliphatic carbocycles. The van der Waals surface area contributed by atoms with Crippen LogP contribution in [0.25, 0.3) is 22.1 Å². The minimum absolute atomic E-state index is 0.0362. The first-order chi connectivity index (χ1) is 9.70. The lowest BCUT2D eigenvalue weighted by Crippen LogP contribution is -2.03. The van der Waals surface area contributed by atoms with Gasteiger partial charge in [-0.1, -0.05) is 24.3 Å². The van der Waals surface area contributed by atoms with E-state index in [0.717, 1.165) is 0 Å². The van der Waals surface area contributed by atoms with Crippen LogP contribution in [0.1, 0.15) is 0 Å². The maximum atomic E-state index is 12.1. The molecule has 0 aliphatic heterocycles. The highest BCUT2D eigenvalue weighted by Gasteiger charge is 2.13. The molecule has 2 aromatic carbocycles. The summed E-state index contributed by atoms with van der Waals surface area (Å²) in [6.07, 6.45) is 0.